The average Bonchev–Trinajstić information content (AvgIpc) is 3.17. The molecule has 1 aliphatic heterocycles. The summed E-state index contributed by atoms with van der Waals surface area (Å²) in [5, 5.41) is 2.75. The van der Waals surface area contributed by atoms with Crippen LogP contribution in [-0.4, -0.2) is 32.4 Å². The summed E-state index contributed by atoms with van der Waals surface area (Å²) in [7, 11) is -2.94. The topological polar surface area (TPSA) is 85.6 Å². The maximum atomic E-state index is 12.2. The van der Waals surface area contributed by atoms with E-state index in [2.05, 4.69) is 5.32 Å². The highest BCUT2D eigenvalue weighted by Crippen LogP contribution is 2.19. The summed E-state index contributed by atoms with van der Waals surface area (Å²) in [6.45, 7) is 0.554. The third-order valence-corrected chi connectivity index (χ3v) is 5.81. The van der Waals surface area contributed by atoms with Gasteiger partial charge in [-0.2, -0.15) is 0 Å². The summed E-state index contributed by atoms with van der Waals surface area (Å²) in [4.78, 5) is 12.2. The van der Waals surface area contributed by atoms with Crippen molar-refractivity contribution >= 4 is 15.7 Å². The summed E-state index contributed by atoms with van der Waals surface area (Å²) in [6.07, 6.45) is 2.03. The number of carbonyl (C=O) groups excluding carboxylic acids is 1. The first kappa shape index (κ1) is 16.6. The quantitative estimate of drug-likeness (QED) is 0.862. The number of para-hydroxylation sites is 1. The Morgan fingerprint density at radius 2 is 2.04 bits per heavy atom. The van der Waals surface area contributed by atoms with Crippen molar-refractivity contribution in [3.05, 3.63) is 54.0 Å². The molecule has 1 saturated heterocycles. The number of hydrogen-bond donors (Lipinski definition) is 1. The number of furan rings is 1. The van der Waals surface area contributed by atoms with Gasteiger partial charge in [0, 0.05) is 12.1 Å². The Bertz CT molecular complexity index is 797. The van der Waals surface area contributed by atoms with Gasteiger partial charge in [0.05, 0.1) is 17.8 Å². The van der Waals surface area contributed by atoms with Crippen LogP contribution in [0.15, 0.2) is 47.1 Å². The lowest BCUT2D eigenvalue weighted by Gasteiger charge is -2.10. The van der Waals surface area contributed by atoms with Crippen molar-refractivity contribution in [2.24, 2.45) is 5.92 Å². The molecule has 24 heavy (non-hydrogen) atoms. The molecular formula is C17H19NO5S. The van der Waals surface area contributed by atoms with E-state index in [4.69, 9.17) is 9.15 Å². The molecule has 1 fully saturated rings. The Hall–Kier alpha value is -2.28. The standard InChI is InChI=1S/C17H19NO5S/c19-17(18-10-13-7-9-24(20,21)12-13)16-14(6-8-22-16)11-23-15-4-2-1-3-5-15/h1-6,8,13H,7,9-12H2,(H,18,19)/t13-/m0/s1. The number of ether oxygens (including phenoxy) is 1. The van der Waals surface area contributed by atoms with Gasteiger partial charge in [0.15, 0.2) is 15.6 Å². The summed E-state index contributed by atoms with van der Waals surface area (Å²) >= 11 is 0. The molecule has 2 aromatic rings. The Morgan fingerprint density at radius 3 is 2.75 bits per heavy atom. The fourth-order valence-electron chi connectivity index (χ4n) is 2.68. The Kier molecular flexibility index (Phi) is 4.89. The molecule has 1 amide bonds. The first-order valence-corrected chi connectivity index (χ1v) is 9.58. The van der Waals surface area contributed by atoms with Gasteiger partial charge >= 0.3 is 0 Å². The number of carbonyl (C=O) groups is 1. The van der Waals surface area contributed by atoms with Crippen LogP contribution in [0.25, 0.3) is 0 Å². The predicted molar refractivity (Wildman–Crippen MR) is 88.6 cm³/mol. The molecule has 128 valence electrons. The molecule has 2 heterocycles. The second-order valence-corrected chi connectivity index (χ2v) is 8.08. The maximum absolute atomic E-state index is 12.2. The van der Waals surface area contributed by atoms with E-state index >= 15 is 0 Å². The molecule has 3 rings (SSSR count). The SMILES string of the molecule is O=C(NC[C@@H]1CCS(=O)(=O)C1)c1occc1COc1ccccc1. The minimum absolute atomic E-state index is 0.0297. The van der Waals surface area contributed by atoms with E-state index in [1.54, 1.807) is 6.07 Å². The molecule has 0 radical (unpaired) electrons. The fourth-order valence-corrected chi connectivity index (χ4v) is 4.54. The number of amides is 1. The van der Waals surface area contributed by atoms with E-state index in [0.29, 0.717) is 24.3 Å². The molecule has 1 atom stereocenters. The molecule has 0 spiro atoms. The molecule has 1 aromatic carbocycles. The molecule has 7 heteroatoms. The fraction of sp³-hybridized carbons (Fsp3) is 0.353. The number of rotatable bonds is 6. The monoisotopic (exact) mass is 349 g/mol. The van der Waals surface area contributed by atoms with E-state index in [0.717, 1.165) is 0 Å². The van der Waals surface area contributed by atoms with Gasteiger partial charge in [-0.1, -0.05) is 18.2 Å². The lowest BCUT2D eigenvalue weighted by atomic mass is 10.1. The van der Waals surface area contributed by atoms with Crippen LogP contribution in [0.2, 0.25) is 0 Å². The van der Waals surface area contributed by atoms with Crippen molar-refractivity contribution in [3.63, 3.8) is 0 Å². The predicted octanol–water partition coefficient (Wildman–Crippen LogP) is 2.02. The van der Waals surface area contributed by atoms with Gasteiger partial charge in [-0.15, -0.1) is 0 Å². The first-order valence-electron chi connectivity index (χ1n) is 7.76. The summed E-state index contributed by atoms with van der Waals surface area (Å²) in [6, 6.07) is 11.0. The largest absolute Gasteiger partial charge is 0.489 e. The van der Waals surface area contributed by atoms with Crippen molar-refractivity contribution in [3.8, 4) is 5.75 Å². The van der Waals surface area contributed by atoms with Crippen molar-refractivity contribution in [1.82, 2.24) is 5.32 Å². The zero-order valence-corrected chi connectivity index (χ0v) is 13.9. The summed E-state index contributed by atoms with van der Waals surface area (Å²) in [5.41, 5.74) is 0.649. The minimum Gasteiger partial charge on any atom is -0.489 e. The number of nitrogens with one attached hydrogen (secondary N) is 1. The molecular weight excluding hydrogens is 330 g/mol. The van der Waals surface area contributed by atoms with E-state index in [9.17, 15) is 13.2 Å². The van der Waals surface area contributed by atoms with Crippen molar-refractivity contribution in [2.75, 3.05) is 18.1 Å². The van der Waals surface area contributed by atoms with Crippen LogP contribution in [0, 0.1) is 5.92 Å². The number of hydrogen-bond acceptors (Lipinski definition) is 5. The van der Waals surface area contributed by atoms with Crippen LogP contribution in [0.5, 0.6) is 5.75 Å². The van der Waals surface area contributed by atoms with E-state index in [1.807, 2.05) is 30.3 Å². The smallest absolute Gasteiger partial charge is 0.287 e. The van der Waals surface area contributed by atoms with Crippen LogP contribution in [0.4, 0.5) is 0 Å². The van der Waals surface area contributed by atoms with Crippen molar-refractivity contribution in [2.45, 2.75) is 13.0 Å². The number of sulfone groups is 1. The van der Waals surface area contributed by atoms with Crippen molar-refractivity contribution < 1.29 is 22.4 Å². The lowest BCUT2D eigenvalue weighted by molar-refractivity contribution is 0.0917. The Labute approximate surface area is 140 Å². The van der Waals surface area contributed by atoms with Crippen LogP contribution in [0.3, 0.4) is 0 Å². The molecule has 1 N–H and O–H groups in total. The van der Waals surface area contributed by atoms with Crippen LogP contribution < -0.4 is 10.1 Å². The molecule has 0 unspecified atom stereocenters. The lowest BCUT2D eigenvalue weighted by Crippen LogP contribution is -2.30. The first-order chi connectivity index (χ1) is 11.5. The molecule has 1 aliphatic rings. The van der Waals surface area contributed by atoms with E-state index < -0.39 is 9.84 Å². The zero-order valence-electron chi connectivity index (χ0n) is 13.1. The average molecular weight is 349 g/mol. The minimum atomic E-state index is -2.94. The van der Waals surface area contributed by atoms with Gasteiger partial charge in [-0.25, -0.2) is 8.42 Å². The zero-order chi connectivity index (χ0) is 17.0. The third-order valence-electron chi connectivity index (χ3n) is 3.97. The van der Waals surface area contributed by atoms with Gasteiger partial charge in [0.1, 0.15) is 12.4 Å². The number of benzene rings is 1. The summed E-state index contributed by atoms with van der Waals surface area (Å²) in [5.74, 6) is 0.863. The van der Waals surface area contributed by atoms with Gasteiger partial charge in [0.2, 0.25) is 0 Å². The maximum Gasteiger partial charge on any atom is 0.287 e. The van der Waals surface area contributed by atoms with E-state index in [-0.39, 0.29) is 35.7 Å². The van der Waals surface area contributed by atoms with Gasteiger partial charge < -0.3 is 14.5 Å². The highest BCUT2D eigenvalue weighted by Gasteiger charge is 2.28. The van der Waals surface area contributed by atoms with Crippen LogP contribution >= 0.6 is 0 Å². The van der Waals surface area contributed by atoms with Crippen LogP contribution in [0.1, 0.15) is 22.5 Å². The van der Waals surface area contributed by atoms with Crippen LogP contribution in [-0.2, 0) is 16.4 Å². The van der Waals surface area contributed by atoms with Gasteiger partial charge in [0.25, 0.3) is 5.91 Å². The molecule has 0 aliphatic carbocycles. The molecule has 1 aromatic heterocycles. The molecule has 0 saturated carbocycles. The van der Waals surface area contributed by atoms with Gasteiger partial charge in [-0.05, 0) is 30.5 Å². The Morgan fingerprint density at radius 1 is 1.25 bits per heavy atom. The normalized spacial score (nSPS) is 19.1. The summed E-state index contributed by atoms with van der Waals surface area (Å²) < 4.78 is 33.8. The molecule has 6 nitrogen and oxygen atoms in total. The molecule has 0 bridgehead atoms. The second-order valence-electron chi connectivity index (χ2n) is 5.86. The Balaban J connectivity index is 1.55. The highest BCUT2D eigenvalue weighted by molar-refractivity contribution is 7.91. The van der Waals surface area contributed by atoms with E-state index in [1.165, 1.54) is 6.26 Å². The second kappa shape index (κ2) is 7.09. The third kappa shape index (κ3) is 4.17. The van der Waals surface area contributed by atoms with Gasteiger partial charge in [-0.3, -0.25) is 4.79 Å². The highest BCUT2D eigenvalue weighted by atomic mass is 32.2. The van der Waals surface area contributed by atoms with Crippen molar-refractivity contribution in [1.29, 1.82) is 0 Å².